The minimum Gasteiger partial charge on any atom is -0.480 e. The molecule has 0 aromatic rings. The van der Waals surface area contributed by atoms with Crippen molar-refractivity contribution in [3.63, 3.8) is 0 Å². The molecule has 1 atom stereocenters. The number of carbonyl (C=O) groups is 2. The number of nitrogens with two attached hydrogens (primary N) is 1. The van der Waals surface area contributed by atoms with E-state index in [2.05, 4.69) is 5.32 Å². The van der Waals surface area contributed by atoms with Crippen molar-refractivity contribution in [3.8, 4) is 0 Å². The zero-order valence-corrected chi connectivity index (χ0v) is 7.78. The Bertz CT molecular complexity index is 195. The van der Waals surface area contributed by atoms with Crippen molar-refractivity contribution in [2.75, 3.05) is 27.2 Å². The molecule has 0 bridgehead atoms. The van der Waals surface area contributed by atoms with Crippen molar-refractivity contribution in [2.24, 2.45) is 5.73 Å². The van der Waals surface area contributed by atoms with Gasteiger partial charge in [0.05, 0.1) is 6.54 Å². The van der Waals surface area contributed by atoms with Gasteiger partial charge in [-0.15, -0.1) is 0 Å². The van der Waals surface area contributed by atoms with Crippen molar-refractivity contribution >= 4 is 11.9 Å². The summed E-state index contributed by atoms with van der Waals surface area (Å²) in [4.78, 5) is 22.7. The maximum atomic E-state index is 10.8. The lowest BCUT2D eigenvalue weighted by Gasteiger charge is -2.17. The van der Waals surface area contributed by atoms with Crippen LogP contribution in [-0.2, 0) is 9.59 Å². The van der Waals surface area contributed by atoms with Gasteiger partial charge in [-0.25, -0.2) is 0 Å². The fourth-order valence-electron chi connectivity index (χ4n) is 0.803. The highest BCUT2D eigenvalue weighted by Crippen LogP contribution is 1.86. The summed E-state index contributed by atoms with van der Waals surface area (Å²) in [6.45, 7) is 0.306. The van der Waals surface area contributed by atoms with Crippen LogP contribution in [-0.4, -0.2) is 55.1 Å². The van der Waals surface area contributed by atoms with Crippen molar-refractivity contribution in [2.45, 2.75) is 6.04 Å². The lowest BCUT2D eigenvalue weighted by atomic mass is 10.3. The summed E-state index contributed by atoms with van der Waals surface area (Å²) in [6.07, 6.45) is 0. The number of hydrogen-bond donors (Lipinski definition) is 3. The Hall–Kier alpha value is -1.14. The van der Waals surface area contributed by atoms with Gasteiger partial charge in [-0.05, 0) is 7.05 Å². The van der Waals surface area contributed by atoms with Gasteiger partial charge in [0.1, 0.15) is 6.04 Å². The molecule has 1 unspecified atom stereocenters. The maximum Gasteiger partial charge on any atom is 0.321 e. The molecule has 6 nitrogen and oxygen atoms in total. The smallest absolute Gasteiger partial charge is 0.321 e. The average Bonchev–Trinajstić information content (AvgIpc) is 2.03. The zero-order chi connectivity index (χ0) is 10.4. The van der Waals surface area contributed by atoms with Crippen LogP contribution in [0.5, 0.6) is 0 Å². The van der Waals surface area contributed by atoms with Gasteiger partial charge in [0.15, 0.2) is 0 Å². The summed E-state index contributed by atoms with van der Waals surface area (Å²) in [7, 11) is 3.16. The molecule has 6 heteroatoms. The van der Waals surface area contributed by atoms with E-state index in [1.807, 2.05) is 0 Å². The van der Waals surface area contributed by atoms with Crippen molar-refractivity contribution < 1.29 is 14.7 Å². The van der Waals surface area contributed by atoms with E-state index in [-0.39, 0.29) is 19.0 Å². The summed E-state index contributed by atoms with van der Waals surface area (Å²) in [5, 5.41) is 10.9. The second-order valence-electron chi connectivity index (χ2n) is 2.81. The number of nitrogens with zero attached hydrogens (tertiary/aromatic N) is 1. The highest BCUT2D eigenvalue weighted by Gasteiger charge is 2.15. The number of carboxylic acids is 1. The molecule has 0 fully saturated rings. The molecule has 0 aliphatic carbocycles. The SMILES string of the molecule is CNC(=O)CN(C)CC(N)C(=O)O. The van der Waals surface area contributed by atoms with Crippen LogP contribution in [0.15, 0.2) is 0 Å². The molecule has 0 aromatic carbocycles. The first-order valence-electron chi connectivity index (χ1n) is 3.85. The molecule has 0 spiro atoms. The number of nitrogens with one attached hydrogen (secondary N) is 1. The number of likely N-dealkylation sites (N-methyl/N-ethyl adjacent to an activating group) is 2. The predicted octanol–water partition coefficient (Wildman–Crippen LogP) is -1.92. The highest BCUT2D eigenvalue weighted by atomic mass is 16.4. The van der Waals surface area contributed by atoms with Crippen molar-refractivity contribution in [1.29, 1.82) is 0 Å². The Morgan fingerprint density at radius 3 is 2.54 bits per heavy atom. The fraction of sp³-hybridized carbons (Fsp3) is 0.714. The minimum absolute atomic E-state index is 0.150. The van der Waals surface area contributed by atoms with Gasteiger partial charge < -0.3 is 16.2 Å². The third kappa shape index (κ3) is 5.15. The van der Waals surface area contributed by atoms with E-state index >= 15 is 0 Å². The van der Waals surface area contributed by atoms with Gasteiger partial charge in [0.2, 0.25) is 5.91 Å². The molecule has 0 aromatic heterocycles. The number of rotatable bonds is 5. The van der Waals surface area contributed by atoms with E-state index in [0.717, 1.165) is 0 Å². The van der Waals surface area contributed by atoms with Gasteiger partial charge >= 0.3 is 5.97 Å². The van der Waals surface area contributed by atoms with Crippen LogP contribution < -0.4 is 11.1 Å². The second-order valence-corrected chi connectivity index (χ2v) is 2.81. The Balaban J connectivity index is 3.80. The van der Waals surface area contributed by atoms with E-state index in [4.69, 9.17) is 10.8 Å². The molecule has 1 amide bonds. The first-order chi connectivity index (χ1) is 5.97. The van der Waals surface area contributed by atoms with Gasteiger partial charge in [-0.2, -0.15) is 0 Å². The summed E-state index contributed by atoms with van der Waals surface area (Å²) in [5.41, 5.74) is 5.26. The van der Waals surface area contributed by atoms with E-state index < -0.39 is 12.0 Å². The van der Waals surface area contributed by atoms with E-state index in [0.29, 0.717) is 0 Å². The normalized spacial score (nSPS) is 12.6. The predicted molar refractivity (Wildman–Crippen MR) is 47.2 cm³/mol. The van der Waals surface area contributed by atoms with E-state index in [1.54, 1.807) is 11.9 Å². The third-order valence-corrected chi connectivity index (χ3v) is 1.52. The standard InChI is InChI=1S/C7H15N3O3/c1-9-6(11)4-10(2)3-5(8)7(12)13/h5H,3-4,8H2,1-2H3,(H,9,11)(H,12,13). The molecule has 0 aliphatic rings. The average molecular weight is 189 g/mol. The first-order valence-corrected chi connectivity index (χ1v) is 3.85. The maximum absolute atomic E-state index is 10.8. The second kappa shape index (κ2) is 5.50. The lowest BCUT2D eigenvalue weighted by molar-refractivity contribution is -0.139. The van der Waals surface area contributed by atoms with Crippen molar-refractivity contribution in [1.82, 2.24) is 10.2 Å². The largest absolute Gasteiger partial charge is 0.480 e. The summed E-state index contributed by atoms with van der Waals surface area (Å²) >= 11 is 0. The first kappa shape index (κ1) is 11.9. The molecule has 13 heavy (non-hydrogen) atoms. The van der Waals surface area contributed by atoms with Crippen molar-refractivity contribution in [3.05, 3.63) is 0 Å². The Kier molecular flexibility index (Phi) is 5.01. The van der Waals surface area contributed by atoms with Crippen LogP contribution in [0.3, 0.4) is 0 Å². The summed E-state index contributed by atoms with van der Waals surface area (Å²) in [6, 6.07) is -0.949. The Morgan fingerprint density at radius 1 is 1.62 bits per heavy atom. The fourth-order valence-corrected chi connectivity index (χ4v) is 0.803. The van der Waals surface area contributed by atoms with Gasteiger partial charge in [-0.1, -0.05) is 0 Å². The van der Waals surface area contributed by atoms with Crippen LogP contribution in [0.4, 0.5) is 0 Å². The summed E-state index contributed by atoms with van der Waals surface area (Å²) in [5.74, 6) is -1.23. The zero-order valence-electron chi connectivity index (χ0n) is 7.78. The topological polar surface area (TPSA) is 95.7 Å². The van der Waals surface area contributed by atoms with Gasteiger partial charge in [-0.3, -0.25) is 14.5 Å². The van der Waals surface area contributed by atoms with Crippen LogP contribution >= 0.6 is 0 Å². The molecule has 0 rings (SSSR count). The quantitative estimate of drug-likeness (QED) is 0.468. The molecule has 76 valence electrons. The minimum atomic E-state index is -1.07. The molecule has 0 radical (unpaired) electrons. The van der Waals surface area contributed by atoms with E-state index in [1.165, 1.54) is 7.05 Å². The Labute approximate surface area is 76.7 Å². The molecule has 0 saturated carbocycles. The molecule has 0 heterocycles. The van der Waals surface area contributed by atoms with Crippen LogP contribution in [0, 0.1) is 0 Å². The molecule has 4 N–H and O–H groups in total. The van der Waals surface area contributed by atoms with Crippen LogP contribution in [0.2, 0.25) is 0 Å². The number of carboxylic acid groups (broad SMARTS) is 1. The highest BCUT2D eigenvalue weighted by molar-refractivity contribution is 5.78. The monoisotopic (exact) mass is 189 g/mol. The Morgan fingerprint density at radius 2 is 2.15 bits per heavy atom. The molecule has 0 saturated heterocycles. The number of carbonyl (C=O) groups excluding carboxylic acids is 1. The number of amides is 1. The number of hydrogen-bond acceptors (Lipinski definition) is 4. The lowest BCUT2D eigenvalue weighted by Crippen LogP contribution is -2.44. The number of aliphatic carboxylic acids is 1. The molecule has 0 aliphatic heterocycles. The van der Waals surface area contributed by atoms with Gasteiger partial charge in [0, 0.05) is 13.6 Å². The van der Waals surface area contributed by atoms with Crippen LogP contribution in [0.1, 0.15) is 0 Å². The molecular formula is C7H15N3O3. The molecular weight excluding hydrogens is 174 g/mol. The van der Waals surface area contributed by atoms with E-state index in [9.17, 15) is 9.59 Å². The summed E-state index contributed by atoms with van der Waals surface area (Å²) < 4.78 is 0. The van der Waals surface area contributed by atoms with Gasteiger partial charge in [0.25, 0.3) is 0 Å². The third-order valence-electron chi connectivity index (χ3n) is 1.52. The van der Waals surface area contributed by atoms with Crippen LogP contribution in [0.25, 0.3) is 0 Å².